The minimum Gasteiger partial charge on any atom is -0.461 e. The van der Waals surface area contributed by atoms with E-state index in [-0.39, 0.29) is 43.5 Å². The third-order valence-electron chi connectivity index (χ3n) is 8.89. The number of nitrogens with zero attached hydrogens (tertiary/aromatic N) is 5. The highest BCUT2D eigenvalue weighted by Gasteiger charge is 2.74. The fraction of sp³-hybridized carbons (Fsp3) is 0.406. The number of esters is 1. The first-order valence-electron chi connectivity index (χ1n) is 14.5. The molecule has 0 radical (unpaired) electrons. The lowest BCUT2D eigenvalue weighted by molar-refractivity contribution is -0.153. The molecule has 1 N–H and O–H groups in total. The van der Waals surface area contributed by atoms with Crippen LogP contribution < -0.4 is 0 Å². The van der Waals surface area contributed by atoms with Gasteiger partial charge >= 0.3 is 5.97 Å². The lowest BCUT2D eigenvalue weighted by Gasteiger charge is -2.39. The van der Waals surface area contributed by atoms with Crippen molar-refractivity contribution in [1.82, 2.24) is 24.8 Å². The Morgan fingerprint density at radius 3 is 2.67 bits per heavy atom. The molecule has 0 aliphatic carbocycles. The highest BCUT2D eigenvalue weighted by atomic mass is 32.2. The number of likely N-dealkylation sites (tertiary alicyclic amines) is 1. The highest BCUT2D eigenvalue weighted by molar-refractivity contribution is 8.02. The summed E-state index contributed by atoms with van der Waals surface area (Å²) in [6, 6.07) is 15.5. The van der Waals surface area contributed by atoms with E-state index < -0.39 is 34.6 Å². The molecule has 224 valence electrons. The van der Waals surface area contributed by atoms with Crippen LogP contribution in [0.5, 0.6) is 0 Å². The summed E-state index contributed by atoms with van der Waals surface area (Å²) in [5.41, 5.74) is 2.42. The van der Waals surface area contributed by atoms with Gasteiger partial charge in [-0.15, -0.1) is 23.4 Å². The number of aromatic nitrogens is 3. The smallest absolute Gasteiger partial charge is 0.311 e. The SMILES string of the molecule is C=CCOC(=O)[C@@H]1[C@H]2C(=O)N([C@@H](CO)Cc3ccccc3)C(C(=O)N(CC=C)Cn3nnc4ccccc43)C23CC[C@H]1S3. The van der Waals surface area contributed by atoms with Crippen LogP contribution in [-0.2, 0) is 32.2 Å². The molecule has 4 heterocycles. The molecule has 3 aliphatic heterocycles. The van der Waals surface area contributed by atoms with Crippen molar-refractivity contribution >= 4 is 40.6 Å². The van der Waals surface area contributed by atoms with Gasteiger partial charge in [-0.1, -0.05) is 66.4 Å². The largest absolute Gasteiger partial charge is 0.461 e. The first-order valence-corrected chi connectivity index (χ1v) is 15.4. The number of hydrogen-bond acceptors (Lipinski definition) is 8. The van der Waals surface area contributed by atoms with Gasteiger partial charge in [0.2, 0.25) is 11.8 Å². The molecular formula is C32H35N5O5S. The van der Waals surface area contributed by atoms with Crippen LogP contribution in [0.2, 0.25) is 0 Å². The molecule has 3 aliphatic rings. The van der Waals surface area contributed by atoms with E-state index >= 15 is 0 Å². The Bertz CT molecular complexity index is 1550. The van der Waals surface area contributed by atoms with E-state index in [1.54, 1.807) is 32.3 Å². The first kappa shape index (κ1) is 29.1. The van der Waals surface area contributed by atoms with Crippen LogP contribution in [0.15, 0.2) is 79.9 Å². The molecule has 3 fully saturated rings. The number of fused-ring (bicyclic) bond motifs is 2. The number of aliphatic hydroxyl groups excluding tert-OH is 1. The second-order valence-electron chi connectivity index (χ2n) is 11.3. The van der Waals surface area contributed by atoms with E-state index in [1.807, 2.05) is 54.6 Å². The van der Waals surface area contributed by atoms with E-state index in [1.165, 1.54) is 6.08 Å². The Morgan fingerprint density at radius 1 is 1.16 bits per heavy atom. The molecule has 6 atom stereocenters. The third-order valence-corrected chi connectivity index (χ3v) is 10.8. The molecular weight excluding hydrogens is 566 g/mol. The van der Waals surface area contributed by atoms with Crippen molar-refractivity contribution in [3.05, 3.63) is 85.5 Å². The van der Waals surface area contributed by atoms with E-state index in [0.717, 1.165) is 11.1 Å². The monoisotopic (exact) mass is 601 g/mol. The summed E-state index contributed by atoms with van der Waals surface area (Å²) < 4.78 is 6.31. The van der Waals surface area contributed by atoms with Crippen molar-refractivity contribution in [2.45, 2.75) is 48.0 Å². The zero-order valence-electron chi connectivity index (χ0n) is 23.8. The number of carbonyl (C=O) groups excluding carboxylic acids is 3. The average Bonchev–Trinajstić information content (AvgIpc) is 3.78. The maximum Gasteiger partial charge on any atom is 0.311 e. The van der Waals surface area contributed by atoms with Gasteiger partial charge in [-0.05, 0) is 37.0 Å². The van der Waals surface area contributed by atoms with Crippen LogP contribution in [0.4, 0.5) is 0 Å². The minimum absolute atomic E-state index is 0.0545. The number of carbonyl (C=O) groups is 3. The van der Waals surface area contributed by atoms with Crippen LogP contribution in [0, 0.1) is 11.8 Å². The van der Waals surface area contributed by atoms with Crippen molar-refractivity contribution in [2.24, 2.45) is 11.8 Å². The van der Waals surface area contributed by atoms with Gasteiger partial charge in [0.25, 0.3) is 0 Å². The van der Waals surface area contributed by atoms with Gasteiger partial charge in [0, 0.05) is 11.8 Å². The van der Waals surface area contributed by atoms with Gasteiger partial charge in [0.1, 0.15) is 24.8 Å². The van der Waals surface area contributed by atoms with Crippen LogP contribution in [-0.4, -0.2) is 89.5 Å². The van der Waals surface area contributed by atoms with Crippen LogP contribution in [0.1, 0.15) is 18.4 Å². The first-order chi connectivity index (χ1) is 20.9. The molecule has 43 heavy (non-hydrogen) atoms. The average molecular weight is 602 g/mol. The minimum atomic E-state index is -0.896. The van der Waals surface area contributed by atoms with Crippen molar-refractivity contribution in [3.8, 4) is 0 Å². The predicted molar refractivity (Wildman–Crippen MR) is 163 cm³/mol. The maximum absolute atomic E-state index is 14.8. The molecule has 0 saturated carbocycles. The van der Waals surface area contributed by atoms with Gasteiger partial charge in [-0.3, -0.25) is 14.4 Å². The van der Waals surface area contributed by atoms with Crippen LogP contribution >= 0.6 is 11.8 Å². The summed E-state index contributed by atoms with van der Waals surface area (Å²) in [7, 11) is 0. The molecule has 11 heteroatoms. The summed E-state index contributed by atoms with van der Waals surface area (Å²) in [5.74, 6) is -2.39. The Hall–Kier alpha value is -3.96. The second kappa shape index (κ2) is 12.0. The van der Waals surface area contributed by atoms with Gasteiger partial charge in [-0.2, -0.15) is 0 Å². The number of para-hydroxylation sites is 1. The van der Waals surface area contributed by atoms with Crippen molar-refractivity contribution in [1.29, 1.82) is 0 Å². The summed E-state index contributed by atoms with van der Waals surface area (Å²) in [4.78, 5) is 45.8. The highest BCUT2D eigenvalue weighted by Crippen LogP contribution is 2.67. The van der Waals surface area contributed by atoms with E-state index in [9.17, 15) is 19.5 Å². The van der Waals surface area contributed by atoms with Gasteiger partial charge < -0.3 is 19.6 Å². The molecule has 1 spiro atoms. The molecule has 1 aromatic heterocycles. The Labute approximate surface area is 254 Å². The Morgan fingerprint density at radius 2 is 1.93 bits per heavy atom. The van der Waals surface area contributed by atoms with Crippen molar-refractivity contribution < 1.29 is 24.2 Å². The van der Waals surface area contributed by atoms with Gasteiger partial charge in [-0.25, -0.2) is 4.68 Å². The molecule has 3 aromatic rings. The molecule has 3 saturated heterocycles. The maximum atomic E-state index is 14.8. The predicted octanol–water partition coefficient (Wildman–Crippen LogP) is 2.83. The third kappa shape index (κ3) is 4.94. The molecule has 6 rings (SSSR count). The lowest BCUT2D eigenvalue weighted by atomic mass is 9.71. The molecule has 2 aromatic carbocycles. The summed E-state index contributed by atoms with van der Waals surface area (Å²) in [6.07, 6.45) is 4.82. The molecule has 2 bridgehead atoms. The molecule has 10 nitrogen and oxygen atoms in total. The Balaban J connectivity index is 1.40. The normalized spacial score (nSPS) is 26.3. The van der Waals surface area contributed by atoms with Gasteiger partial charge in [0.15, 0.2) is 0 Å². The molecule has 2 amide bonds. The van der Waals surface area contributed by atoms with E-state index in [0.29, 0.717) is 24.8 Å². The van der Waals surface area contributed by atoms with Crippen LogP contribution in [0.25, 0.3) is 11.0 Å². The fourth-order valence-electron chi connectivity index (χ4n) is 7.14. The van der Waals surface area contributed by atoms with E-state index in [4.69, 9.17) is 4.74 Å². The summed E-state index contributed by atoms with van der Waals surface area (Å²) in [5, 5.41) is 19.1. The van der Waals surface area contributed by atoms with Gasteiger partial charge in [0.05, 0.1) is 34.7 Å². The van der Waals surface area contributed by atoms with Crippen molar-refractivity contribution in [3.63, 3.8) is 0 Å². The number of rotatable bonds is 12. The standard InChI is InChI=1S/C32H35N5O5S/c1-3-16-35(20-36-24-13-9-8-12-23(24)33-34-36)30(40)28-32-15-14-25(43-32)26(31(41)42-17-4-2)27(32)29(39)37(28)22(19-38)18-21-10-6-5-7-11-21/h3-13,22,25-28,38H,1-2,14-20H2/t22-,25-,26+,27+,28?,32?/m1/s1. The number of hydrogen-bond donors (Lipinski definition) is 1. The zero-order valence-corrected chi connectivity index (χ0v) is 24.6. The topological polar surface area (TPSA) is 118 Å². The van der Waals surface area contributed by atoms with Crippen molar-refractivity contribution in [2.75, 3.05) is 19.8 Å². The van der Waals surface area contributed by atoms with Crippen LogP contribution in [0.3, 0.4) is 0 Å². The number of benzene rings is 2. The van der Waals surface area contributed by atoms with E-state index in [2.05, 4.69) is 23.5 Å². The summed E-state index contributed by atoms with van der Waals surface area (Å²) in [6.45, 7) is 7.57. The summed E-state index contributed by atoms with van der Waals surface area (Å²) >= 11 is 1.56. The quantitative estimate of drug-likeness (QED) is 0.249. The Kier molecular flexibility index (Phi) is 8.11. The molecule has 2 unspecified atom stereocenters. The zero-order chi connectivity index (χ0) is 30.1. The second-order valence-corrected chi connectivity index (χ2v) is 12.9. The number of thioether (sulfide) groups is 1. The fourth-order valence-corrected chi connectivity index (χ4v) is 9.32. The number of amides is 2. The number of ether oxygens (including phenoxy) is 1. The lowest BCUT2D eigenvalue weighted by Crippen LogP contribution is -2.58. The number of aliphatic hydroxyl groups is 1.